The maximum absolute atomic E-state index is 12.5. The zero-order valence-corrected chi connectivity index (χ0v) is 10.9. The lowest BCUT2D eigenvalue weighted by molar-refractivity contribution is -0.144. The van der Waals surface area contributed by atoms with Crippen molar-refractivity contribution in [1.29, 1.82) is 0 Å². The molecule has 4 nitrogen and oxygen atoms in total. The largest absolute Gasteiger partial charge is 0.419 e. The summed E-state index contributed by atoms with van der Waals surface area (Å²) in [7, 11) is 0. The van der Waals surface area contributed by atoms with Crippen molar-refractivity contribution < 1.29 is 19.1 Å². The first-order valence-electron chi connectivity index (χ1n) is 6.34. The third-order valence-corrected chi connectivity index (χ3v) is 3.13. The highest BCUT2D eigenvalue weighted by atomic mass is 17.1. The molecule has 0 unspecified atom stereocenters. The Hall–Kier alpha value is -3.01. The molecule has 0 atom stereocenters. The number of ketones is 2. The van der Waals surface area contributed by atoms with Gasteiger partial charge in [-0.1, -0.05) is 60.7 Å². The van der Waals surface area contributed by atoms with Crippen LogP contribution in [-0.4, -0.2) is 17.5 Å². The van der Waals surface area contributed by atoms with Gasteiger partial charge in [0.05, 0.1) is 0 Å². The minimum Gasteiger partial charge on any atom is -0.419 e. The molecule has 0 N–H and O–H groups in total. The van der Waals surface area contributed by atoms with E-state index >= 15 is 0 Å². The average Bonchev–Trinajstić information content (AvgIpc) is 2.84. The van der Waals surface area contributed by atoms with Crippen LogP contribution in [0.1, 0.15) is 15.9 Å². The van der Waals surface area contributed by atoms with Crippen LogP contribution in [-0.2, 0) is 14.3 Å². The van der Waals surface area contributed by atoms with E-state index < -0.39 is 17.5 Å². The summed E-state index contributed by atoms with van der Waals surface area (Å²) in [5.41, 5.74) is 0.654. The van der Waals surface area contributed by atoms with Crippen LogP contribution < -0.4 is 0 Å². The van der Waals surface area contributed by atoms with Gasteiger partial charge in [0, 0.05) is 11.1 Å². The number of cyclic esters (lactones) is 1. The molecule has 1 aliphatic heterocycles. The molecule has 0 amide bonds. The summed E-state index contributed by atoms with van der Waals surface area (Å²) in [4.78, 5) is 36.0. The number of hydrogen-bond acceptors (Lipinski definition) is 4. The van der Waals surface area contributed by atoms with E-state index in [0.29, 0.717) is 11.1 Å². The SMILES string of the molecule is O=C(C1=C(c2ccccc2)OC(=[17O])C1=[17O])c1ccccc1. The van der Waals surface area contributed by atoms with Crippen molar-refractivity contribution in [3.63, 3.8) is 0 Å². The predicted octanol–water partition coefficient (Wildman–Crippen LogP) is 2.41. The average molecular weight is 280 g/mol. The maximum atomic E-state index is 12.5. The zero-order valence-electron chi connectivity index (χ0n) is 10.9. The molecule has 21 heavy (non-hydrogen) atoms. The van der Waals surface area contributed by atoms with E-state index in [4.69, 9.17) is 4.74 Å². The standard InChI is InChI=1S/C17H10O4/c18-14(11-7-3-1-4-8-11)13-15(19)17(20)21-16(13)12-9-5-2-6-10-12/h1-10H/i19+1,20+1. The Kier molecular flexibility index (Phi) is 3.20. The van der Waals surface area contributed by atoms with Crippen LogP contribution in [0.3, 0.4) is 0 Å². The number of ether oxygens (including phenoxy) is 1. The molecule has 0 spiro atoms. The van der Waals surface area contributed by atoms with Crippen molar-refractivity contribution in [3.8, 4) is 0 Å². The molecule has 0 saturated heterocycles. The minimum atomic E-state index is -1.02. The Bertz CT molecular complexity index is 758. The lowest BCUT2D eigenvalue weighted by atomic mass is 9.98. The van der Waals surface area contributed by atoms with Crippen LogP contribution >= 0.6 is 0 Å². The molecule has 102 valence electrons. The molecule has 0 aromatic heterocycles. The van der Waals surface area contributed by atoms with Gasteiger partial charge < -0.3 is 4.74 Å². The van der Waals surface area contributed by atoms with Gasteiger partial charge in [-0.3, -0.25) is 9.59 Å². The first-order chi connectivity index (χ1) is 10.2. The highest BCUT2D eigenvalue weighted by Crippen LogP contribution is 2.29. The maximum Gasteiger partial charge on any atom is 0.385 e. The monoisotopic (exact) mass is 280 g/mol. The summed E-state index contributed by atoms with van der Waals surface area (Å²) in [6.45, 7) is 0. The van der Waals surface area contributed by atoms with Gasteiger partial charge >= 0.3 is 5.97 Å². The van der Waals surface area contributed by atoms with Crippen molar-refractivity contribution in [2.45, 2.75) is 0 Å². The van der Waals surface area contributed by atoms with Crippen LogP contribution in [0.15, 0.2) is 66.2 Å². The number of carbonyl (C=O) groups is 3. The quantitative estimate of drug-likeness (QED) is 0.375. The summed E-state index contributed by atoms with van der Waals surface area (Å²) >= 11 is 0. The van der Waals surface area contributed by atoms with Crippen LogP contribution in [0, 0.1) is 0 Å². The Labute approximate surface area is 120 Å². The number of carbonyl (C=O) groups excluding carboxylic acids is 3. The van der Waals surface area contributed by atoms with Crippen molar-refractivity contribution in [3.05, 3.63) is 77.4 Å². The molecule has 0 fully saturated rings. The minimum absolute atomic E-state index is 0.0273. The van der Waals surface area contributed by atoms with Gasteiger partial charge in [-0.15, -0.1) is 0 Å². The van der Waals surface area contributed by atoms with E-state index in [2.05, 4.69) is 0 Å². The molecule has 3 rings (SSSR count). The molecule has 2 aromatic rings. The molecule has 0 aliphatic carbocycles. The number of benzene rings is 2. The Morgan fingerprint density at radius 1 is 0.857 bits per heavy atom. The number of Topliss-reactive ketones (excluding diaryl/α,β-unsaturated/α-hetero) is 2. The fraction of sp³-hybridized carbons (Fsp3) is 0. The summed E-state index contributed by atoms with van der Waals surface area (Å²) in [6.07, 6.45) is 0. The topological polar surface area (TPSA) is 60.4 Å². The van der Waals surface area contributed by atoms with Gasteiger partial charge in [0.1, 0.15) is 5.57 Å². The highest BCUT2D eigenvalue weighted by molar-refractivity contribution is 6.53. The number of hydrogen-bond donors (Lipinski definition) is 0. The lowest BCUT2D eigenvalue weighted by Crippen LogP contribution is -2.16. The van der Waals surface area contributed by atoms with Gasteiger partial charge in [0.15, 0.2) is 5.76 Å². The molecule has 1 heterocycles. The fourth-order valence-electron chi connectivity index (χ4n) is 2.13. The molecular formula is C17H10O4. The van der Waals surface area contributed by atoms with Crippen molar-refractivity contribution in [1.82, 2.24) is 0 Å². The van der Waals surface area contributed by atoms with Crippen molar-refractivity contribution in [2.75, 3.05) is 0 Å². The lowest BCUT2D eigenvalue weighted by Gasteiger charge is -2.04. The predicted molar refractivity (Wildman–Crippen MR) is 75.2 cm³/mol. The van der Waals surface area contributed by atoms with E-state index in [0.717, 1.165) is 0 Å². The van der Waals surface area contributed by atoms with Gasteiger partial charge in [-0.2, -0.15) is 0 Å². The van der Waals surface area contributed by atoms with Crippen LogP contribution in [0.4, 0.5) is 0 Å². The molecular weight excluding hydrogens is 270 g/mol. The summed E-state index contributed by atoms with van der Waals surface area (Å²) in [5.74, 6) is -2.40. The number of rotatable bonds is 3. The van der Waals surface area contributed by atoms with E-state index in [9.17, 15) is 14.4 Å². The second kappa shape index (κ2) is 5.17. The van der Waals surface area contributed by atoms with Gasteiger partial charge in [-0.25, -0.2) is 4.79 Å². The first kappa shape index (κ1) is 13.0. The molecule has 0 saturated carbocycles. The summed E-state index contributed by atoms with van der Waals surface area (Å²) < 4.78 is 4.99. The summed E-state index contributed by atoms with van der Waals surface area (Å²) in [5, 5.41) is 0. The van der Waals surface area contributed by atoms with Crippen molar-refractivity contribution in [2.24, 2.45) is 0 Å². The third-order valence-electron chi connectivity index (χ3n) is 3.13. The van der Waals surface area contributed by atoms with Gasteiger partial charge in [-0.05, 0) is 0 Å². The molecule has 0 bridgehead atoms. The smallest absolute Gasteiger partial charge is 0.385 e. The van der Waals surface area contributed by atoms with Crippen LogP contribution in [0.25, 0.3) is 5.76 Å². The second-order valence-electron chi connectivity index (χ2n) is 4.48. The van der Waals surface area contributed by atoms with E-state index in [1.807, 2.05) is 0 Å². The normalized spacial score (nSPS) is 14.3. The second-order valence-corrected chi connectivity index (χ2v) is 4.48. The Morgan fingerprint density at radius 2 is 1.43 bits per heavy atom. The van der Waals surface area contributed by atoms with Gasteiger partial charge in [0.2, 0.25) is 5.78 Å². The Morgan fingerprint density at radius 3 is 2.05 bits per heavy atom. The van der Waals surface area contributed by atoms with Crippen LogP contribution in [0.5, 0.6) is 0 Å². The molecule has 0 radical (unpaired) electrons. The molecule has 1 aliphatic rings. The van der Waals surface area contributed by atoms with Crippen molar-refractivity contribution >= 4 is 23.3 Å². The molecule has 2 aromatic carbocycles. The summed E-state index contributed by atoms with van der Waals surface area (Å²) in [6, 6.07) is 17.0. The molecule has 4 heteroatoms. The van der Waals surface area contributed by atoms with Crippen LogP contribution in [0.2, 0.25) is 0 Å². The fourth-order valence-corrected chi connectivity index (χ4v) is 2.13. The first-order valence-corrected chi connectivity index (χ1v) is 6.34. The zero-order chi connectivity index (χ0) is 14.8. The highest BCUT2D eigenvalue weighted by Gasteiger charge is 2.39. The van der Waals surface area contributed by atoms with Gasteiger partial charge in [0.25, 0.3) is 5.78 Å². The number of esters is 1. The van der Waals surface area contributed by atoms with E-state index in [-0.39, 0.29) is 11.3 Å². The Balaban J connectivity index is 2.13. The third kappa shape index (κ3) is 2.27. The van der Waals surface area contributed by atoms with E-state index in [1.54, 1.807) is 60.7 Å². The van der Waals surface area contributed by atoms with E-state index in [1.165, 1.54) is 0 Å².